The molecule has 1 amide bonds. The Morgan fingerprint density at radius 1 is 1.32 bits per heavy atom. The summed E-state index contributed by atoms with van der Waals surface area (Å²) in [7, 11) is 0. The lowest BCUT2D eigenvalue weighted by molar-refractivity contribution is 0.0619. The van der Waals surface area contributed by atoms with E-state index in [1.807, 2.05) is 6.92 Å². The Morgan fingerprint density at radius 3 is 2.73 bits per heavy atom. The average molecular weight is 304 g/mol. The summed E-state index contributed by atoms with van der Waals surface area (Å²) in [5.74, 6) is 0.465. The molecule has 6 heteroatoms. The standard InChI is InChI=1S/C16H24N4O2/c1-10-12(9-17-11(2)18-10)16(22)19-13-5-6-14(15(13)21)20-7-3-4-8-20/h9,13-15,21H,3-8H2,1-2H3,(H,19,22)/t13-,14-,15-/m1/s1. The highest BCUT2D eigenvalue weighted by Gasteiger charge is 2.39. The third-order valence-electron chi connectivity index (χ3n) is 4.85. The van der Waals surface area contributed by atoms with Crippen molar-refractivity contribution in [2.75, 3.05) is 13.1 Å². The zero-order valence-electron chi connectivity index (χ0n) is 13.2. The summed E-state index contributed by atoms with van der Waals surface area (Å²) in [6.45, 7) is 5.73. The molecular weight excluding hydrogens is 280 g/mol. The molecule has 6 nitrogen and oxygen atoms in total. The molecule has 2 heterocycles. The van der Waals surface area contributed by atoms with Gasteiger partial charge in [0.2, 0.25) is 0 Å². The number of hydrogen-bond acceptors (Lipinski definition) is 5. The lowest BCUT2D eigenvalue weighted by Crippen LogP contribution is -2.47. The van der Waals surface area contributed by atoms with E-state index in [4.69, 9.17) is 0 Å². The Hall–Kier alpha value is -1.53. The number of nitrogens with one attached hydrogen (secondary N) is 1. The molecule has 1 aromatic heterocycles. The van der Waals surface area contributed by atoms with Crippen molar-refractivity contribution in [2.45, 2.75) is 57.7 Å². The molecule has 2 aliphatic rings. The minimum absolute atomic E-state index is 0.182. The van der Waals surface area contributed by atoms with Crippen LogP contribution in [0.3, 0.4) is 0 Å². The van der Waals surface area contributed by atoms with Crippen LogP contribution in [0.25, 0.3) is 0 Å². The van der Waals surface area contributed by atoms with Crippen LogP contribution >= 0.6 is 0 Å². The van der Waals surface area contributed by atoms with E-state index in [-0.39, 0.29) is 18.0 Å². The Labute approximate surface area is 131 Å². The van der Waals surface area contributed by atoms with E-state index in [2.05, 4.69) is 20.2 Å². The first-order valence-electron chi connectivity index (χ1n) is 8.09. The van der Waals surface area contributed by atoms with Gasteiger partial charge in [-0.3, -0.25) is 9.69 Å². The molecule has 1 aliphatic carbocycles. The van der Waals surface area contributed by atoms with Gasteiger partial charge in [-0.1, -0.05) is 0 Å². The summed E-state index contributed by atoms with van der Waals surface area (Å²) in [5, 5.41) is 13.5. The number of amides is 1. The molecular formula is C16H24N4O2. The van der Waals surface area contributed by atoms with Crippen molar-refractivity contribution in [3.05, 3.63) is 23.3 Å². The van der Waals surface area contributed by atoms with Crippen LogP contribution in [-0.4, -0.2) is 57.2 Å². The van der Waals surface area contributed by atoms with E-state index < -0.39 is 6.10 Å². The van der Waals surface area contributed by atoms with Crippen molar-refractivity contribution in [1.29, 1.82) is 0 Å². The number of carbonyl (C=O) groups excluding carboxylic acids is 1. The van der Waals surface area contributed by atoms with Crippen LogP contribution in [0.4, 0.5) is 0 Å². The molecule has 0 aromatic carbocycles. The molecule has 0 spiro atoms. The maximum Gasteiger partial charge on any atom is 0.255 e. The molecule has 2 fully saturated rings. The number of aliphatic hydroxyl groups is 1. The quantitative estimate of drug-likeness (QED) is 0.864. The third-order valence-corrected chi connectivity index (χ3v) is 4.85. The Morgan fingerprint density at radius 2 is 2.05 bits per heavy atom. The van der Waals surface area contributed by atoms with Gasteiger partial charge in [-0.05, 0) is 52.6 Å². The molecule has 0 radical (unpaired) electrons. The second-order valence-corrected chi connectivity index (χ2v) is 6.37. The molecule has 2 N–H and O–H groups in total. The maximum atomic E-state index is 12.4. The SMILES string of the molecule is Cc1ncc(C(=O)N[C@@H]2CC[C@@H](N3CCCC3)[C@@H]2O)c(C)n1. The summed E-state index contributed by atoms with van der Waals surface area (Å²) in [6, 6.07) is 0.00182. The molecule has 1 aromatic rings. The highest BCUT2D eigenvalue weighted by atomic mass is 16.3. The smallest absolute Gasteiger partial charge is 0.255 e. The Balaban J connectivity index is 1.64. The van der Waals surface area contributed by atoms with E-state index in [0.29, 0.717) is 17.1 Å². The van der Waals surface area contributed by atoms with E-state index in [1.54, 1.807) is 13.1 Å². The largest absolute Gasteiger partial charge is 0.389 e. The van der Waals surface area contributed by atoms with Crippen LogP contribution in [0.5, 0.6) is 0 Å². The number of aromatic nitrogens is 2. The predicted octanol–water partition coefficient (Wildman–Crippen LogP) is 0.811. The second kappa shape index (κ2) is 6.30. The van der Waals surface area contributed by atoms with Gasteiger partial charge in [-0.2, -0.15) is 0 Å². The van der Waals surface area contributed by atoms with Gasteiger partial charge in [0.05, 0.1) is 23.4 Å². The van der Waals surface area contributed by atoms with Crippen LogP contribution in [0.2, 0.25) is 0 Å². The molecule has 0 bridgehead atoms. The number of likely N-dealkylation sites (tertiary alicyclic amines) is 1. The number of aryl methyl sites for hydroxylation is 2. The Bertz CT molecular complexity index is 557. The second-order valence-electron chi connectivity index (χ2n) is 6.37. The van der Waals surface area contributed by atoms with Crippen LogP contribution in [0, 0.1) is 13.8 Å². The fraction of sp³-hybridized carbons (Fsp3) is 0.688. The number of nitrogens with zero attached hydrogens (tertiary/aromatic N) is 3. The lowest BCUT2D eigenvalue weighted by atomic mass is 10.1. The molecule has 3 rings (SSSR count). The molecule has 1 saturated carbocycles. The summed E-state index contributed by atoms with van der Waals surface area (Å²) in [6.07, 6.45) is 5.25. The normalized spacial score (nSPS) is 29.0. The van der Waals surface area contributed by atoms with E-state index in [9.17, 15) is 9.90 Å². The lowest BCUT2D eigenvalue weighted by Gasteiger charge is -2.28. The first-order chi connectivity index (χ1) is 10.6. The summed E-state index contributed by atoms with van der Waals surface area (Å²) in [5.41, 5.74) is 1.16. The maximum absolute atomic E-state index is 12.4. The van der Waals surface area contributed by atoms with E-state index in [1.165, 1.54) is 12.8 Å². The zero-order chi connectivity index (χ0) is 15.7. The van der Waals surface area contributed by atoms with Crippen molar-refractivity contribution in [2.24, 2.45) is 0 Å². The van der Waals surface area contributed by atoms with Gasteiger partial charge < -0.3 is 10.4 Å². The molecule has 1 saturated heterocycles. The molecule has 22 heavy (non-hydrogen) atoms. The summed E-state index contributed by atoms with van der Waals surface area (Å²) in [4.78, 5) is 23.1. The van der Waals surface area contributed by atoms with Crippen LogP contribution in [0.1, 0.15) is 47.6 Å². The van der Waals surface area contributed by atoms with Crippen molar-refractivity contribution < 1.29 is 9.90 Å². The first-order valence-corrected chi connectivity index (χ1v) is 8.09. The van der Waals surface area contributed by atoms with Crippen LogP contribution in [0.15, 0.2) is 6.20 Å². The fourth-order valence-corrected chi connectivity index (χ4v) is 3.64. The van der Waals surface area contributed by atoms with Crippen LogP contribution in [-0.2, 0) is 0 Å². The van der Waals surface area contributed by atoms with Gasteiger partial charge in [0, 0.05) is 12.2 Å². The number of rotatable bonds is 3. The van der Waals surface area contributed by atoms with Gasteiger partial charge in [0.1, 0.15) is 5.82 Å². The summed E-state index contributed by atoms with van der Waals surface area (Å²) >= 11 is 0. The predicted molar refractivity (Wildman–Crippen MR) is 82.6 cm³/mol. The highest BCUT2D eigenvalue weighted by molar-refractivity contribution is 5.95. The molecule has 3 atom stereocenters. The average Bonchev–Trinajstić information content (AvgIpc) is 3.09. The molecule has 120 valence electrons. The van der Waals surface area contributed by atoms with Crippen molar-refractivity contribution in [3.8, 4) is 0 Å². The van der Waals surface area contributed by atoms with E-state index in [0.717, 1.165) is 25.9 Å². The van der Waals surface area contributed by atoms with Crippen molar-refractivity contribution >= 4 is 5.91 Å². The minimum Gasteiger partial charge on any atom is -0.389 e. The molecule has 1 aliphatic heterocycles. The number of hydrogen-bond donors (Lipinski definition) is 2. The van der Waals surface area contributed by atoms with Gasteiger partial charge >= 0.3 is 0 Å². The summed E-state index contributed by atoms with van der Waals surface area (Å²) < 4.78 is 0. The highest BCUT2D eigenvalue weighted by Crippen LogP contribution is 2.27. The van der Waals surface area contributed by atoms with Crippen LogP contribution < -0.4 is 5.32 Å². The van der Waals surface area contributed by atoms with Gasteiger partial charge in [-0.15, -0.1) is 0 Å². The molecule has 0 unspecified atom stereocenters. The van der Waals surface area contributed by atoms with Crippen molar-refractivity contribution in [3.63, 3.8) is 0 Å². The van der Waals surface area contributed by atoms with Gasteiger partial charge in [-0.25, -0.2) is 9.97 Å². The topological polar surface area (TPSA) is 78.4 Å². The first kappa shape index (κ1) is 15.4. The minimum atomic E-state index is -0.492. The van der Waals surface area contributed by atoms with Gasteiger partial charge in [0.15, 0.2) is 0 Å². The van der Waals surface area contributed by atoms with Gasteiger partial charge in [0.25, 0.3) is 5.91 Å². The van der Waals surface area contributed by atoms with E-state index >= 15 is 0 Å². The third kappa shape index (κ3) is 2.98. The Kier molecular flexibility index (Phi) is 4.40. The zero-order valence-corrected chi connectivity index (χ0v) is 13.2. The van der Waals surface area contributed by atoms with Crippen molar-refractivity contribution in [1.82, 2.24) is 20.2 Å². The number of aliphatic hydroxyl groups excluding tert-OH is 1. The fourth-order valence-electron chi connectivity index (χ4n) is 3.64. The monoisotopic (exact) mass is 304 g/mol. The number of carbonyl (C=O) groups is 1.